The number of anilines is 3. The second-order valence-electron chi connectivity index (χ2n) is 10.3. The molecular weight excluding hydrogens is 663 g/mol. The number of aromatic nitrogens is 2. The number of rotatable bonds is 8. The van der Waals surface area contributed by atoms with Crippen molar-refractivity contribution in [3.8, 4) is 0 Å². The predicted molar refractivity (Wildman–Crippen MR) is 157 cm³/mol. The lowest BCUT2D eigenvalue weighted by molar-refractivity contribution is -0.192. The van der Waals surface area contributed by atoms with Gasteiger partial charge in [-0.1, -0.05) is 17.4 Å². The molecular formula is C27H29F5N6O6S2. The minimum atomic E-state index is -5.08. The lowest BCUT2D eigenvalue weighted by atomic mass is 10.1. The molecule has 2 aliphatic rings. The number of piperidine rings is 1. The number of pyridine rings is 1. The van der Waals surface area contributed by atoms with E-state index in [4.69, 9.17) is 15.6 Å². The summed E-state index contributed by atoms with van der Waals surface area (Å²) in [6.07, 6.45) is -0.957. The summed E-state index contributed by atoms with van der Waals surface area (Å²) in [7, 11) is -3.74. The highest BCUT2D eigenvalue weighted by molar-refractivity contribution is 7.89. The van der Waals surface area contributed by atoms with Crippen LogP contribution in [0.2, 0.25) is 0 Å². The van der Waals surface area contributed by atoms with Gasteiger partial charge in [-0.15, -0.1) is 0 Å². The highest BCUT2D eigenvalue weighted by Gasteiger charge is 2.38. The van der Waals surface area contributed by atoms with Crippen LogP contribution in [0, 0.1) is 11.6 Å². The van der Waals surface area contributed by atoms with Crippen molar-refractivity contribution < 1.29 is 50.2 Å². The third kappa shape index (κ3) is 7.88. The van der Waals surface area contributed by atoms with Crippen molar-refractivity contribution in [2.24, 2.45) is 0 Å². The molecule has 2 aromatic heterocycles. The number of nitrogens with one attached hydrogen (secondary N) is 1. The smallest absolute Gasteiger partial charge is 0.475 e. The molecule has 0 unspecified atom stereocenters. The van der Waals surface area contributed by atoms with Crippen molar-refractivity contribution in [3.05, 3.63) is 58.6 Å². The van der Waals surface area contributed by atoms with E-state index < -0.39 is 45.2 Å². The fraction of sp³-hybridized carbons (Fsp3) is 0.407. The monoisotopic (exact) mass is 692 g/mol. The molecule has 1 atom stereocenters. The minimum Gasteiger partial charge on any atom is -0.475 e. The van der Waals surface area contributed by atoms with Crippen LogP contribution in [0.3, 0.4) is 0 Å². The van der Waals surface area contributed by atoms with Crippen molar-refractivity contribution in [1.29, 1.82) is 0 Å². The zero-order chi connectivity index (χ0) is 33.8. The number of hydrogen-bond donors (Lipinski definition) is 4. The van der Waals surface area contributed by atoms with E-state index in [0.29, 0.717) is 23.8 Å². The van der Waals surface area contributed by atoms with Crippen LogP contribution in [0.4, 0.5) is 38.7 Å². The van der Waals surface area contributed by atoms with Crippen LogP contribution >= 0.6 is 11.3 Å². The molecule has 0 saturated carbocycles. The second kappa shape index (κ2) is 14.2. The molecule has 0 spiro atoms. The summed E-state index contributed by atoms with van der Waals surface area (Å²) in [6.45, 7) is 1.31. The summed E-state index contributed by atoms with van der Waals surface area (Å²) < 4.78 is 87.7. The van der Waals surface area contributed by atoms with Gasteiger partial charge < -0.3 is 26.2 Å². The lowest BCUT2D eigenvalue weighted by Crippen LogP contribution is -2.42. The molecule has 2 saturated heterocycles. The summed E-state index contributed by atoms with van der Waals surface area (Å²) in [5, 5.41) is 20.2. The van der Waals surface area contributed by atoms with Crippen LogP contribution in [0.5, 0.6) is 0 Å². The van der Waals surface area contributed by atoms with Gasteiger partial charge >= 0.3 is 12.1 Å². The van der Waals surface area contributed by atoms with Gasteiger partial charge in [-0.25, -0.2) is 32.0 Å². The minimum absolute atomic E-state index is 0.00505. The fourth-order valence-corrected chi connectivity index (χ4v) is 7.29. The van der Waals surface area contributed by atoms with E-state index >= 15 is 0 Å². The number of hydrogen-bond acceptors (Lipinski definition) is 11. The average molecular weight is 693 g/mol. The number of carbonyl (C=O) groups excluding carboxylic acids is 1. The number of halogens is 5. The molecule has 4 heterocycles. The number of carbonyl (C=O) groups is 2. The highest BCUT2D eigenvalue weighted by atomic mass is 32.2. The Bertz CT molecular complexity index is 1640. The number of nitrogens with two attached hydrogens (primary N) is 1. The fourth-order valence-electron chi connectivity index (χ4n) is 4.97. The van der Waals surface area contributed by atoms with Gasteiger partial charge in [-0.2, -0.15) is 17.5 Å². The van der Waals surface area contributed by atoms with Crippen LogP contribution < -0.4 is 16.0 Å². The van der Waals surface area contributed by atoms with Gasteiger partial charge in [0.25, 0.3) is 0 Å². The van der Waals surface area contributed by atoms with Crippen molar-refractivity contribution >= 4 is 49.9 Å². The first kappa shape index (κ1) is 34.9. The number of carboxylic acids is 1. The van der Waals surface area contributed by atoms with Crippen LogP contribution in [-0.4, -0.2) is 89.2 Å². The summed E-state index contributed by atoms with van der Waals surface area (Å²) in [5.41, 5.74) is 5.19. The van der Waals surface area contributed by atoms with Crippen molar-refractivity contribution in [2.45, 2.75) is 48.8 Å². The number of nitrogen functional groups attached to an aromatic ring is 1. The molecule has 46 heavy (non-hydrogen) atoms. The average Bonchev–Trinajstić information content (AvgIpc) is 3.63. The van der Waals surface area contributed by atoms with Gasteiger partial charge in [0, 0.05) is 31.9 Å². The topological polar surface area (TPSA) is 179 Å². The highest BCUT2D eigenvalue weighted by Crippen LogP contribution is 2.31. The number of nitrogens with zero attached hydrogens (tertiary/aromatic N) is 4. The summed E-state index contributed by atoms with van der Waals surface area (Å²) >= 11 is 0.900. The van der Waals surface area contributed by atoms with E-state index in [2.05, 4.69) is 15.3 Å². The molecule has 0 radical (unpaired) electrons. The maximum Gasteiger partial charge on any atom is 0.490 e. The lowest BCUT2D eigenvalue weighted by Gasteiger charge is -2.31. The number of alkyl halides is 3. The Morgan fingerprint density at radius 1 is 1.07 bits per heavy atom. The molecule has 5 N–H and O–H groups in total. The van der Waals surface area contributed by atoms with Gasteiger partial charge in [-0.05, 0) is 49.9 Å². The van der Waals surface area contributed by atoms with Gasteiger partial charge in [-0.3, -0.25) is 4.79 Å². The zero-order valence-corrected chi connectivity index (χ0v) is 25.5. The van der Waals surface area contributed by atoms with E-state index in [0.717, 1.165) is 42.9 Å². The Kier molecular flexibility index (Phi) is 10.8. The van der Waals surface area contributed by atoms with Crippen LogP contribution in [0.15, 0.2) is 41.4 Å². The van der Waals surface area contributed by atoms with E-state index in [9.17, 15) is 40.3 Å². The summed E-state index contributed by atoms with van der Waals surface area (Å²) in [5.74, 6) is -5.09. The normalized spacial score (nSPS) is 17.8. The van der Waals surface area contributed by atoms with Crippen molar-refractivity contribution in [2.75, 3.05) is 42.2 Å². The first-order valence-electron chi connectivity index (χ1n) is 13.8. The zero-order valence-electron chi connectivity index (χ0n) is 23.9. The summed E-state index contributed by atoms with van der Waals surface area (Å²) in [4.78, 5) is 32.1. The first-order chi connectivity index (χ1) is 21.6. The largest absolute Gasteiger partial charge is 0.490 e. The Labute approximate surface area is 263 Å². The van der Waals surface area contributed by atoms with Gasteiger partial charge in [0.1, 0.15) is 33.0 Å². The van der Waals surface area contributed by atoms with Crippen molar-refractivity contribution in [3.63, 3.8) is 0 Å². The number of benzene rings is 1. The van der Waals surface area contributed by atoms with E-state index in [-0.39, 0.29) is 47.4 Å². The standard InChI is InChI=1S/C25H28F2N6O4S2.C2HF3O2/c26-18-4-1-5-19(27)21(18)22(35)23-24(28)31-25(38-23)30-15-8-11-32(12-9-15)39(36,37)17-6-7-20(29-13-17)33-10-2-3-16(33)14-34;3-2(4,5)1(6)7/h1,4-7,13,15-16,34H,2-3,8-12,14,28H2,(H,30,31);(H,6,7)/t16-;/m1./s1. The molecule has 250 valence electrons. The third-order valence-corrected chi connectivity index (χ3v) is 10.2. The predicted octanol–water partition coefficient (Wildman–Crippen LogP) is 3.49. The van der Waals surface area contributed by atoms with E-state index in [1.54, 1.807) is 12.1 Å². The third-order valence-electron chi connectivity index (χ3n) is 7.31. The molecule has 0 bridgehead atoms. The Hall–Kier alpha value is -3.94. The molecule has 2 aliphatic heterocycles. The number of carboxylic acid groups (broad SMARTS) is 1. The molecule has 0 aliphatic carbocycles. The first-order valence-corrected chi connectivity index (χ1v) is 16.0. The Morgan fingerprint density at radius 2 is 1.70 bits per heavy atom. The number of thiazole rings is 1. The maximum atomic E-state index is 14.1. The molecule has 5 rings (SSSR count). The van der Waals surface area contributed by atoms with Gasteiger partial charge in [0.15, 0.2) is 5.13 Å². The summed E-state index contributed by atoms with van der Waals surface area (Å²) in [6, 6.07) is 6.25. The number of aliphatic carboxylic acids is 1. The molecule has 2 fully saturated rings. The van der Waals surface area contributed by atoms with E-state index in [1.807, 2.05) is 4.90 Å². The molecule has 1 aromatic carbocycles. The van der Waals surface area contributed by atoms with Gasteiger partial charge in [0.2, 0.25) is 15.8 Å². The number of aliphatic hydroxyl groups excluding tert-OH is 1. The number of ketones is 1. The molecule has 19 heteroatoms. The number of sulfonamides is 1. The van der Waals surface area contributed by atoms with Crippen LogP contribution in [-0.2, 0) is 14.8 Å². The molecule has 3 aromatic rings. The van der Waals surface area contributed by atoms with E-state index in [1.165, 1.54) is 16.6 Å². The molecule has 12 nitrogen and oxygen atoms in total. The SMILES string of the molecule is Nc1nc(NC2CCN(S(=O)(=O)c3ccc(N4CCC[C@@H]4CO)nc3)CC2)sc1C(=O)c1c(F)cccc1F.O=C(O)C(F)(F)F. The van der Waals surface area contributed by atoms with Crippen molar-refractivity contribution in [1.82, 2.24) is 14.3 Å². The number of aliphatic hydroxyl groups is 1. The second-order valence-corrected chi connectivity index (χ2v) is 13.2. The van der Waals surface area contributed by atoms with Crippen LogP contribution in [0.1, 0.15) is 40.9 Å². The van der Waals surface area contributed by atoms with Gasteiger partial charge in [0.05, 0.1) is 18.2 Å². The van der Waals surface area contributed by atoms with Crippen LogP contribution in [0.25, 0.3) is 0 Å². The Balaban J connectivity index is 0.000000617. The Morgan fingerprint density at radius 3 is 2.24 bits per heavy atom. The quantitative estimate of drug-likeness (QED) is 0.201. The maximum absolute atomic E-state index is 14.1. The molecule has 0 amide bonds.